The Morgan fingerprint density at radius 1 is 0.913 bits per heavy atom. The van der Waals surface area contributed by atoms with Gasteiger partial charge in [-0.05, 0) is 91.7 Å². The summed E-state index contributed by atoms with van der Waals surface area (Å²) in [5.41, 5.74) is -0.486. The van der Waals surface area contributed by atoms with Crippen molar-refractivity contribution < 1.29 is 36.6 Å². The van der Waals surface area contributed by atoms with Crippen LogP contribution < -0.4 is 10.6 Å². The minimum Gasteiger partial charge on any atom is -0.386 e. The summed E-state index contributed by atoms with van der Waals surface area (Å²) in [4.78, 5) is 31.1. The molecule has 0 saturated carbocycles. The Bertz CT molecular complexity index is 2070. The summed E-state index contributed by atoms with van der Waals surface area (Å²) >= 11 is 6.37. The van der Waals surface area contributed by atoms with Gasteiger partial charge in [0.1, 0.15) is 11.6 Å². The van der Waals surface area contributed by atoms with Crippen LogP contribution in [0.2, 0.25) is 5.02 Å². The van der Waals surface area contributed by atoms with Gasteiger partial charge in [-0.3, -0.25) is 14.6 Å². The number of alkyl halides is 3. The third-order valence-electron chi connectivity index (χ3n) is 7.71. The van der Waals surface area contributed by atoms with Gasteiger partial charge in [-0.2, -0.15) is 13.2 Å². The largest absolute Gasteiger partial charge is 0.416 e. The number of carbonyl (C=O) groups is 2. The van der Waals surface area contributed by atoms with Crippen LogP contribution in [0.25, 0.3) is 22.0 Å². The van der Waals surface area contributed by atoms with Gasteiger partial charge in [-0.15, -0.1) is 0 Å². The first-order chi connectivity index (χ1) is 21.6. The number of halogens is 6. The Morgan fingerprint density at radius 3 is 2.39 bits per heavy atom. The number of aromatic nitrogens is 1. The zero-order valence-corrected chi connectivity index (χ0v) is 24.8. The molecule has 4 aromatic carbocycles. The quantitative estimate of drug-likeness (QED) is 0.167. The molecule has 234 valence electrons. The maximum Gasteiger partial charge on any atom is 0.416 e. The number of hydrogen-bond acceptors (Lipinski definition) is 4. The van der Waals surface area contributed by atoms with Crippen molar-refractivity contribution in [2.75, 3.05) is 5.32 Å². The van der Waals surface area contributed by atoms with Crippen molar-refractivity contribution in [1.29, 1.82) is 0 Å². The fourth-order valence-corrected chi connectivity index (χ4v) is 5.62. The maximum atomic E-state index is 14.3. The fraction of sp³-hybridized carbons (Fsp3) is 0.147. The van der Waals surface area contributed by atoms with Crippen LogP contribution in [0.3, 0.4) is 0 Å². The van der Waals surface area contributed by atoms with Crippen molar-refractivity contribution in [3.63, 3.8) is 0 Å². The third-order valence-corrected chi connectivity index (χ3v) is 8.06. The van der Waals surface area contributed by atoms with Crippen LogP contribution in [-0.2, 0) is 11.8 Å². The first-order valence-corrected chi connectivity index (χ1v) is 14.2. The van der Waals surface area contributed by atoms with Crippen LogP contribution in [0.4, 0.5) is 27.6 Å². The molecule has 0 spiro atoms. The summed E-state index contributed by atoms with van der Waals surface area (Å²) in [6, 6.07) is 14.0. The number of pyridine rings is 1. The first-order valence-electron chi connectivity index (χ1n) is 13.8. The lowest BCUT2D eigenvalue weighted by Crippen LogP contribution is -2.21. The SMILES string of the molecule is CC(C)(O)c1cnc2ccc(-c3cc(NC(=O)c4cc(F)cc(C(F)(F)F)c4)c4c(c3)C(=O)N[C@@H]4c3cc(F)ccc3Cl)cc2c1. The fourth-order valence-electron chi connectivity index (χ4n) is 5.40. The summed E-state index contributed by atoms with van der Waals surface area (Å²) in [5, 5.41) is 16.5. The zero-order chi connectivity index (χ0) is 33.1. The number of carbonyl (C=O) groups excluding carboxylic acids is 2. The highest BCUT2D eigenvalue weighted by atomic mass is 35.5. The molecule has 2 amide bonds. The van der Waals surface area contributed by atoms with E-state index in [1.807, 2.05) is 0 Å². The number of aliphatic hydroxyl groups is 1. The average Bonchev–Trinajstić information content (AvgIpc) is 3.32. The number of fused-ring (bicyclic) bond motifs is 2. The predicted molar refractivity (Wildman–Crippen MR) is 162 cm³/mol. The molecule has 3 N–H and O–H groups in total. The second kappa shape index (κ2) is 11.2. The Morgan fingerprint density at radius 2 is 1.67 bits per heavy atom. The van der Waals surface area contributed by atoms with Crippen LogP contribution in [0.5, 0.6) is 0 Å². The highest BCUT2D eigenvalue weighted by Gasteiger charge is 2.36. The van der Waals surface area contributed by atoms with Crippen LogP contribution in [-0.4, -0.2) is 21.9 Å². The smallest absolute Gasteiger partial charge is 0.386 e. The van der Waals surface area contributed by atoms with Crippen LogP contribution in [0.1, 0.15) is 62.9 Å². The van der Waals surface area contributed by atoms with Gasteiger partial charge in [0.05, 0.1) is 22.7 Å². The predicted octanol–water partition coefficient (Wildman–Crippen LogP) is 8.16. The first kappa shape index (κ1) is 31.1. The van der Waals surface area contributed by atoms with Gasteiger partial charge < -0.3 is 15.7 Å². The van der Waals surface area contributed by atoms with E-state index in [1.54, 1.807) is 50.4 Å². The Kier molecular flexibility index (Phi) is 7.57. The third kappa shape index (κ3) is 5.91. The van der Waals surface area contributed by atoms with Crippen LogP contribution >= 0.6 is 11.6 Å². The van der Waals surface area contributed by atoms with Crippen molar-refractivity contribution in [1.82, 2.24) is 10.3 Å². The van der Waals surface area contributed by atoms with Gasteiger partial charge in [0.15, 0.2) is 0 Å². The van der Waals surface area contributed by atoms with E-state index in [0.29, 0.717) is 39.7 Å². The molecule has 0 unspecified atom stereocenters. The molecule has 0 saturated heterocycles. The van der Waals surface area contributed by atoms with Gasteiger partial charge in [-0.25, -0.2) is 8.78 Å². The molecular formula is C34H23ClF5N3O3. The molecule has 2 heterocycles. The Hall–Kier alpha value is -4.87. The van der Waals surface area contributed by atoms with Crippen molar-refractivity contribution in [3.8, 4) is 11.1 Å². The topological polar surface area (TPSA) is 91.3 Å². The van der Waals surface area contributed by atoms with E-state index < -0.39 is 52.4 Å². The minimum absolute atomic E-state index is 0.00228. The molecule has 6 nitrogen and oxygen atoms in total. The average molecular weight is 652 g/mol. The molecule has 0 radical (unpaired) electrons. The molecule has 46 heavy (non-hydrogen) atoms. The molecule has 1 aliphatic rings. The molecule has 1 atom stereocenters. The molecular weight excluding hydrogens is 629 g/mol. The van der Waals surface area contributed by atoms with Crippen molar-refractivity contribution in [3.05, 3.63) is 129 Å². The van der Waals surface area contributed by atoms with E-state index in [2.05, 4.69) is 15.6 Å². The van der Waals surface area contributed by atoms with E-state index in [0.717, 1.165) is 12.1 Å². The summed E-state index contributed by atoms with van der Waals surface area (Å²) in [5.74, 6) is -3.56. The zero-order valence-electron chi connectivity index (χ0n) is 24.1. The number of anilines is 1. The van der Waals surface area contributed by atoms with Gasteiger partial charge in [0.25, 0.3) is 11.8 Å². The Labute approximate surface area is 263 Å². The van der Waals surface area contributed by atoms with Crippen molar-refractivity contribution in [2.45, 2.75) is 31.7 Å². The highest BCUT2D eigenvalue weighted by molar-refractivity contribution is 6.31. The van der Waals surface area contributed by atoms with Gasteiger partial charge in [0, 0.05) is 50.1 Å². The van der Waals surface area contributed by atoms with E-state index in [1.165, 1.54) is 12.1 Å². The van der Waals surface area contributed by atoms with E-state index >= 15 is 0 Å². The summed E-state index contributed by atoms with van der Waals surface area (Å²) in [6.45, 7) is 3.23. The van der Waals surface area contributed by atoms with Crippen LogP contribution in [0.15, 0.2) is 79.0 Å². The second-order valence-electron chi connectivity index (χ2n) is 11.4. The molecule has 0 fully saturated rings. The van der Waals surface area contributed by atoms with E-state index in [-0.39, 0.29) is 33.5 Å². The summed E-state index contributed by atoms with van der Waals surface area (Å²) in [7, 11) is 0. The number of nitrogens with zero attached hydrogens (tertiary/aromatic N) is 1. The lowest BCUT2D eigenvalue weighted by atomic mass is 9.92. The van der Waals surface area contributed by atoms with Crippen LogP contribution in [0, 0.1) is 11.6 Å². The molecule has 0 bridgehead atoms. The van der Waals surface area contributed by atoms with Crippen molar-refractivity contribution in [2.24, 2.45) is 0 Å². The van der Waals surface area contributed by atoms with Gasteiger partial charge in [-0.1, -0.05) is 17.7 Å². The molecule has 0 aliphatic carbocycles. The molecule has 1 aliphatic heterocycles. The number of hydrogen-bond donors (Lipinski definition) is 3. The van der Waals surface area contributed by atoms with Gasteiger partial charge in [0.2, 0.25) is 0 Å². The standard InChI is InChI=1S/C34H23ClF5N3O3/c1-33(2,46)21-8-18-7-16(3-6-27(18)41-15-21)17-11-25-29(30(43-32(25)45)24-14-22(36)4-5-26(24)35)28(12-17)42-31(44)19-9-20(34(38,39)40)13-23(37)10-19/h3-15,30,46H,1-2H3,(H,42,44)(H,43,45)/t30-/m1/s1. The lowest BCUT2D eigenvalue weighted by molar-refractivity contribution is -0.137. The van der Waals surface area contributed by atoms with E-state index in [4.69, 9.17) is 11.6 Å². The Balaban J connectivity index is 1.52. The second-order valence-corrected chi connectivity index (χ2v) is 11.8. The normalized spacial score (nSPS) is 14.7. The number of benzene rings is 4. The highest BCUT2D eigenvalue weighted by Crippen LogP contribution is 2.42. The van der Waals surface area contributed by atoms with Crippen molar-refractivity contribution >= 4 is 40.0 Å². The van der Waals surface area contributed by atoms with E-state index in [9.17, 15) is 36.6 Å². The number of rotatable bonds is 5. The number of amides is 2. The summed E-state index contributed by atoms with van der Waals surface area (Å²) in [6.07, 6.45) is -3.35. The molecule has 6 rings (SSSR count). The minimum atomic E-state index is -4.91. The monoisotopic (exact) mass is 651 g/mol. The lowest BCUT2D eigenvalue weighted by Gasteiger charge is -2.19. The number of nitrogens with one attached hydrogen (secondary N) is 2. The molecule has 1 aromatic heterocycles. The molecule has 5 aromatic rings. The molecule has 12 heteroatoms. The maximum absolute atomic E-state index is 14.3. The van der Waals surface area contributed by atoms with Gasteiger partial charge >= 0.3 is 6.18 Å². The summed E-state index contributed by atoms with van der Waals surface area (Å²) < 4.78 is 68.7.